The predicted octanol–water partition coefficient (Wildman–Crippen LogP) is 3.85. The van der Waals surface area contributed by atoms with Crippen LogP contribution in [0.4, 0.5) is 5.82 Å². The summed E-state index contributed by atoms with van der Waals surface area (Å²) in [6.45, 7) is 6.63. The third-order valence-corrected chi connectivity index (χ3v) is 5.58. The van der Waals surface area contributed by atoms with Gasteiger partial charge in [-0.3, -0.25) is 0 Å². The Kier molecular flexibility index (Phi) is 5.24. The van der Waals surface area contributed by atoms with Crippen molar-refractivity contribution >= 4 is 22.9 Å². The minimum Gasteiger partial charge on any atom is -0.493 e. The molecule has 30 heavy (non-hydrogen) atoms. The van der Waals surface area contributed by atoms with Crippen molar-refractivity contribution in [3.05, 3.63) is 40.9 Å². The van der Waals surface area contributed by atoms with Crippen molar-refractivity contribution in [3.63, 3.8) is 0 Å². The van der Waals surface area contributed by atoms with Crippen LogP contribution in [0.1, 0.15) is 47.1 Å². The van der Waals surface area contributed by atoms with Crippen LogP contribution in [0.3, 0.4) is 0 Å². The molecule has 0 bridgehead atoms. The van der Waals surface area contributed by atoms with Crippen molar-refractivity contribution in [2.45, 2.75) is 33.2 Å². The number of nitrogens with zero attached hydrogens (tertiary/aromatic N) is 3. The number of esters is 1. The van der Waals surface area contributed by atoms with Crippen molar-refractivity contribution in [2.24, 2.45) is 0 Å². The molecule has 0 radical (unpaired) electrons. The van der Waals surface area contributed by atoms with E-state index in [0.29, 0.717) is 34.0 Å². The highest BCUT2D eigenvalue weighted by Gasteiger charge is 2.31. The molecule has 158 valence electrons. The smallest absolute Gasteiger partial charge is 0.342 e. The maximum absolute atomic E-state index is 12.6. The minimum absolute atomic E-state index is 0.00286. The fourth-order valence-electron chi connectivity index (χ4n) is 4.13. The first-order valence-corrected chi connectivity index (χ1v) is 9.92. The zero-order valence-corrected chi connectivity index (χ0v) is 17.8. The number of furan rings is 1. The predicted molar refractivity (Wildman–Crippen MR) is 112 cm³/mol. The molecule has 0 fully saturated rings. The van der Waals surface area contributed by atoms with Crippen molar-refractivity contribution in [3.8, 4) is 11.5 Å². The highest BCUT2D eigenvalue weighted by molar-refractivity contribution is 6.08. The number of hydrogen-bond acceptors (Lipinski definition) is 8. The van der Waals surface area contributed by atoms with E-state index in [0.717, 1.165) is 24.3 Å². The van der Waals surface area contributed by atoms with Crippen LogP contribution in [0.5, 0.6) is 11.5 Å². The Morgan fingerprint density at radius 3 is 2.67 bits per heavy atom. The van der Waals surface area contributed by atoms with Crippen LogP contribution in [-0.4, -0.2) is 43.3 Å². The van der Waals surface area contributed by atoms with E-state index in [1.165, 1.54) is 11.9 Å². The number of fused-ring (bicyclic) bond motifs is 2. The van der Waals surface area contributed by atoms with Crippen LogP contribution in [0.2, 0.25) is 0 Å². The maximum atomic E-state index is 12.6. The molecule has 0 amide bonds. The number of aromatic nitrogens is 2. The third-order valence-electron chi connectivity index (χ3n) is 5.58. The Morgan fingerprint density at radius 2 is 1.97 bits per heavy atom. The molecule has 1 aliphatic rings. The Balaban J connectivity index is 1.83. The second kappa shape index (κ2) is 7.85. The number of anilines is 1. The standard InChI is InChI=1S/C22H25N3O5/c1-6-29-22(26)18-13(3)30-21-19(18)20(23-11-24-21)25-8-7-14-9-16(27-4)17(28-5)10-15(14)12(25)2/h9-12H,6-8H2,1-5H3/t12-/m0/s1. The van der Waals surface area contributed by atoms with E-state index in [2.05, 4.69) is 21.8 Å². The quantitative estimate of drug-likeness (QED) is 0.585. The molecule has 0 unspecified atom stereocenters. The first-order chi connectivity index (χ1) is 14.5. The second-order valence-electron chi connectivity index (χ2n) is 7.16. The largest absolute Gasteiger partial charge is 0.493 e. The molecular weight excluding hydrogens is 386 g/mol. The molecule has 3 aromatic rings. The molecule has 8 heteroatoms. The summed E-state index contributed by atoms with van der Waals surface area (Å²) in [5.74, 6) is 2.11. The number of ether oxygens (including phenoxy) is 3. The van der Waals surface area contributed by atoms with E-state index in [1.807, 2.05) is 12.1 Å². The zero-order chi connectivity index (χ0) is 21.4. The molecule has 0 spiro atoms. The van der Waals surface area contributed by atoms with E-state index in [9.17, 15) is 4.79 Å². The van der Waals surface area contributed by atoms with Crippen LogP contribution in [0, 0.1) is 6.92 Å². The lowest BCUT2D eigenvalue weighted by atomic mass is 9.92. The van der Waals surface area contributed by atoms with Gasteiger partial charge in [0.15, 0.2) is 11.5 Å². The normalized spacial score (nSPS) is 15.8. The van der Waals surface area contributed by atoms with Gasteiger partial charge in [0, 0.05) is 6.54 Å². The summed E-state index contributed by atoms with van der Waals surface area (Å²) < 4.78 is 22.0. The van der Waals surface area contributed by atoms with Gasteiger partial charge in [0.25, 0.3) is 0 Å². The Morgan fingerprint density at radius 1 is 1.23 bits per heavy atom. The molecular formula is C22H25N3O5. The van der Waals surface area contributed by atoms with Crippen LogP contribution < -0.4 is 14.4 Å². The number of carbonyl (C=O) groups is 1. The Bertz CT molecular complexity index is 1110. The molecule has 1 aromatic carbocycles. The fourth-order valence-corrected chi connectivity index (χ4v) is 4.13. The monoisotopic (exact) mass is 411 g/mol. The average Bonchev–Trinajstić information content (AvgIpc) is 3.09. The van der Waals surface area contributed by atoms with Crippen molar-refractivity contribution in [2.75, 3.05) is 32.3 Å². The molecule has 1 aliphatic heterocycles. The van der Waals surface area contributed by atoms with Gasteiger partial charge in [-0.25, -0.2) is 14.8 Å². The first-order valence-electron chi connectivity index (χ1n) is 9.92. The summed E-state index contributed by atoms with van der Waals surface area (Å²) in [6.07, 6.45) is 2.27. The van der Waals surface area contributed by atoms with E-state index < -0.39 is 5.97 Å². The first kappa shape index (κ1) is 20.0. The summed E-state index contributed by atoms with van der Waals surface area (Å²) in [5, 5.41) is 0.587. The second-order valence-corrected chi connectivity index (χ2v) is 7.16. The molecule has 0 saturated heterocycles. The lowest BCUT2D eigenvalue weighted by Crippen LogP contribution is -2.35. The van der Waals surface area contributed by atoms with Crippen molar-refractivity contribution in [1.29, 1.82) is 0 Å². The highest BCUT2D eigenvalue weighted by atomic mass is 16.5. The molecule has 0 aliphatic carbocycles. The number of rotatable bonds is 5. The van der Waals surface area contributed by atoms with Gasteiger partial charge in [-0.2, -0.15) is 0 Å². The van der Waals surface area contributed by atoms with Gasteiger partial charge in [-0.1, -0.05) is 0 Å². The molecule has 2 aromatic heterocycles. The van der Waals surface area contributed by atoms with Crippen LogP contribution >= 0.6 is 0 Å². The molecule has 4 rings (SSSR count). The SMILES string of the molecule is CCOC(=O)c1c(C)oc2ncnc(N3CCc4cc(OC)c(OC)cc4[C@@H]3C)c12. The van der Waals surface area contributed by atoms with Crippen molar-refractivity contribution in [1.82, 2.24) is 9.97 Å². The van der Waals surface area contributed by atoms with E-state index in [-0.39, 0.29) is 12.6 Å². The molecule has 0 saturated carbocycles. The van der Waals surface area contributed by atoms with E-state index in [4.69, 9.17) is 18.6 Å². The van der Waals surface area contributed by atoms with Gasteiger partial charge in [-0.05, 0) is 50.5 Å². The summed E-state index contributed by atoms with van der Waals surface area (Å²) >= 11 is 0. The Hall–Kier alpha value is -3.29. The lowest BCUT2D eigenvalue weighted by Gasteiger charge is -2.36. The zero-order valence-electron chi connectivity index (χ0n) is 17.8. The van der Waals surface area contributed by atoms with Gasteiger partial charge in [-0.15, -0.1) is 0 Å². The van der Waals surface area contributed by atoms with Gasteiger partial charge >= 0.3 is 5.97 Å². The maximum Gasteiger partial charge on any atom is 0.342 e. The number of benzene rings is 1. The topological polar surface area (TPSA) is 86.9 Å². The number of carbonyl (C=O) groups excluding carboxylic acids is 1. The Labute approximate surface area is 174 Å². The van der Waals surface area contributed by atoms with E-state index in [1.54, 1.807) is 28.1 Å². The van der Waals surface area contributed by atoms with E-state index >= 15 is 0 Å². The van der Waals surface area contributed by atoms with Crippen molar-refractivity contribution < 1.29 is 23.4 Å². The number of aryl methyl sites for hydroxylation is 1. The molecule has 8 nitrogen and oxygen atoms in total. The van der Waals surface area contributed by atoms with Crippen LogP contribution in [-0.2, 0) is 11.2 Å². The van der Waals surface area contributed by atoms with Gasteiger partial charge in [0.05, 0.1) is 32.3 Å². The van der Waals surface area contributed by atoms with Gasteiger partial charge in [0.2, 0.25) is 5.71 Å². The third kappa shape index (κ3) is 3.12. The summed E-state index contributed by atoms with van der Waals surface area (Å²) in [5.41, 5.74) is 3.10. The highest BCUT2D eigenvalue weighted by Crippen LogP contribution is 2.41. The molecule has 1 atom stereocenters. The average molecular weight is 411 g/mol. The molecule has 0 N–H and O–H groups in total. The van der Waals surface area contributed by atoms with Crippen LogP contribution in [0.15, 0.2) is 22.9 Å². The lowest BCUT2D eigenvalue weighted by molar-refractivity contribution is 0.0526. The fraction of sp³-hybridized carbons (Fsp3) is 0.409. The summed E-state index contributed by atoms with van der Waals surface area (Å²) in [7, 11) is 3.27. The summed E-state index contributed by atoms with van der Waals surface area (Å²) in [4.78, 5) is 23.6. The van der Waals surface area contributed by atoms with Crippen LogP contribution in [0.25, 0.3) is 11.1 Å². The van der Waals surface area contributed by atoms with Gasteiger partial charge < -0.3 is 23.5 Å². The summed E-state index contributed by atoms with van der Waals surface area (Å²) in [6, 6.07) is 4.04. The number of methoxy groups -OCH3 is 2. The van der Waals surface area contributed by atoms with Gasteiger partial charge in [0.1, 0.15) is 23.5 Å². The minimum atomic E-state index is -0.429. The molecule has 3 heterocycles. The number of hydrogen-bond donors (Lipinski definition) is 0.